The molecule has 0 aliphatic carbocycles. The predicted octanol–water partition coefficient (Wildman–Crippen LogP) is 2.98. The molecular weight excluding hydrogens is 438 g/mol. The van der Waals surface area contributed by atoms with E-state index >= 15 is 0 Å². The molecule has 0 radical (unpaired) electrons. The molecule has 33 heavy (non-hydrogen) atoms. The highest BCUT2D eigenvalue weighted by Gasteiger charge is 2.47. The van der Waals surface area contributed by atoms with Crippen LogP contribution in [0.2, 0.25) is 0 Å². The third-order valence-corrected chi connectivity index (χ3v) is 5.91. The molecule has 1 aliphatic heterocycles. The third kappa shape index (κ3) is 3.30. The SMILES string of the molecule is COc1ccc(-n2c(=O)[nH]n(C3=NC(c4ccccc4)(c4ccccc4)C(=O)N3)c2=S)cc1. The molecule has 0 saturated carbocycles. The van der Waals surface area contributed by atoms with Gasteiger partial charge in [-0.3, -0.25) is 10.1 Å². The fourth-order valence-corrected chi connectivity index (χ4v) is 4.26. The zero-order valence-electron chi connectivity index (χ0n) is 17.6. The van der Waals surface area contributed by atoms with E-state index < -0.39 is 11.2 Å². The number of hydrogen-bond acceptors (Lipinski definition) is 5. The molecule has 2 heterocycles. The average molecular weight is 458 g/mol. The smallest absolute Gasteiger partial charge is 0.347 e. The normalized spacial score (nSPS) is 14.6. The highest BCUT2D eigenvalue weighted by Crippen LogP contribution is 2.37. The number of nitrogens with one attached hydrogen (secondary N) is 2. The summed E-state index contributed by atoms with van der Waals surface area (Å²) in [4.78, 5) is 31.0. The number of rotatable bonds is 4. The predicted molar refractivity (Wildman–Crippen MR) is 126 cm³/mol. The fourth-order valence-electron chi connectivity index (χ4n) is 3.94. The van der Waals surface area contributed by atoms with Crippen LogP contribution in [-0.4, -0.2) is 33.3 Å². The highest BCUT2D eigenvalue weighted by molar-refractivity contribution is 7.71. The molecule has 3 aromatic carbocycles. The summed E-state index contributed by atoms with van der Waals surface area (Å²) in [5.41, 5.74) is 0.188. The molecule has 9 heteroatoms. The lowest BCUT2D eigenvalue weighted by Gasteiger charge is -2.24. The second kappa shape index (κ2) is 8.03. The molecule has 1 aromatic heterocycles. The van der Waals surface area contributed by atoms with Gasteiger partial charge < -0.3 is 4.74 Å². The number of nitrogens with zero attached hydrogens (tertiary/aromatic N) is 3. The maximum absolute atomic E-state index is 13.4. The van der Waals surface area contributed by atoms with Gasteiger partial charge >= 0.3 is 5.69 Å². The summed E-state index contributed by atoms with van der Waals surface area (Å²) >= 11 is 5.57. The number of aromatic amines is 1. The van der Waals surface area contributed by atoms with Crippen molar-refractivity contribution in [3.05, 3.63) is 111 Å². The lowest BCUT2D eigenvalue weighted by Crippen LogP contribution is -2.39. The van der Waals surface area contributed by atoms with Crippen LogP contribution in [0.15, 0.2) is 94.7 Å². The van der Waals surface area contributed by atoms with Crippen molar-refractivity contribution in [3.8, 4) is 11.4 Å². The first-order valence-electron chi connectivity index (χ1n) is 10.2. The van der Waals surface area contributed by atoms with Gasteiger partial charge in [0.05, 0.1) is 12.8 Å². The maximum Gasteiger partial charge on any atom is 0.347 e. The molecule has 1 amide bonds. The monoisotopic (exact) mass is 457 g/mol. The van der Waals surface area contributed by atoms with Gasteiger partial charge in [-0.1, -0.05) is 60.7 Å². The third-order valence-electron chi connectivity index (χ3n) is 5.55. The van der Waals surface area contributed by atoms with E-state index in [1.54, 1.807) is 31.4 Å². The Hall–Kier alpha value is -4.24. The van der Waals surface area contributed by atoms with Gasteiger partial charge in [0, 0.05) is 0 Å². The summed E-state index contributed by atoms with van der Waals surface area (Å²) in [5, 5.41) is 5.50. The van der Waals surface area contributed by atoms with Crippen LogP contribution in [0.3, 0.4) is 0 Å². The summed E-state index contributed by atoms with van der Waals surface area (Å²) in [6.45, 7) is 0. The Morgan fingerprint density at radius 2 is 1.45 bits per heavy atom. The fraction of sp³-hybridized carbons (Fsp3) is 0.0833. The van der Waals surface area contributed by atoms with E-state index in [1.807, 2.05) is 60.7 Å². The number of aromatic nitrogens is 3. The Balaban J connectivity index is 1.67. The summed E-state index contributed by atoms with van der Waals surface area (Å²) in [6, 6.07) is 25.5. The van der Waals surface area contributed by atoms with E-state index in [1.165, 1.54) is 9.25 Å². The number of hydrogen-bond donors (Lipinski definition) is 2. The van der Waals surface area contributed by atoms with E-state index in [0.29, 0.717) is 22.6 Å². The minimum Gasteiger partial charge on any atom is -0.497 e. The van der Waals surface area contributed by atoms with Crippen LogP contribution in [-0.2, 0) is 10.3 Å². The van der Waals surface area contributed by atoms with Crippen LogP contribution in [0.5, 0.6) is 5.75 Å². The molecule has 0 unspecified atom stereocenters. The molecule has 164 valence electrons. The lowest BCUT2D eigenvalue weighted by atomic mass is 9.83. The van der Waals surface area contributed by atoms with E-state index in [0.717, 1.165) is 0 Å². The van der Waals surface area contributed by atoms with Crippen LogP contribution in [0.25, 0.3) is 5.69 Å². The molecule has 4 aromatic rings. The minimum atomic E-state index is -1.31. The topological polar surface area (TPSA) is 93.4 Å². The van der Waals surface area contributed by atoms with E-state index in [9.17, 15) is 9.59 Å². The molecule has 8 nitrogen and oxygen atoms in total. The molecule has 0 fully saturated rings. The van der Waals surface area contributed by atoms with Crippen molar-refractivity contribution in [2.24, 2.45) is 4.99 Å². The Labute approximate surface area is 193 Å². The minimum absolute atomic E-state index is 0.140. The summed E-state index contributed by atoms with van der Waals surface area (Å²) in [5.74, 6) is 0.459. The van der Waals surface area contributed by atoms with Gasteiger partial charge in [-0.2, -0.15) is 4.68 Å². The van der Waals surface area contributed by atoms with Crippen molar-refractivity contribution in [1.82, 2.24) is 19.7 Å². The molecule has 5 rings (SSSR count). The van der Waals surface area contributed by atoms with Gasteiger partial charge in [-0.15, -0.1) is 0 Å². The van der Waals surface area contributed by atoms with Crippen molar-refractivity contribution in [3.63, 3.8) is 0 Å². The number of methoxy groups -OCH3 is 1. The Morgan fingerprint density at radius 1 is 0.879 bits per heavy atom. The second-order valence-electron chi connectivity index (χ2n) is 7.40. The van der Waals surface area contributed by atoms with E-state index in [2.05, 4.69) is 10.4 Å². The zero-order chi connectivity index (χ0) is 23.0. The number of amides is 1. The van der Waals surface area contributed by atoms with Gasteiger partial charge in [0.2, 0.25) is 10.7 Å². The number of carbonyl (C=O) groups excluding carboxylic acids is 1. The zero-order valence-corrected chi connectivity index (χ0v) is 18.4. The Bertz CT molecular complexity index is 1430. The average Bonchev–Trinajstić information content (AvgIpc) is 3.36. The molecular formula is C24H19N5O3S. The molecule has 0 saturated heterocycles. The Kier molecular flexibility index (Phi) is 5.02. The van der Waals surface area contributed by atoms with Gasteiger partial charge in [0.1, 0.15) is 5.75 Å². The summed E-state index contributed by atoms with van der Waals surface area (Å²) < 4.78 is 7.96. The second-order valence-corrected chi connectivity index (χ2v) is 7.77. The van der Waals surface area contributed by atoms with Gasteiger partial charge in [0.25, 0.3) is 5.91 Å². The number of benzene rings is 3. The number of aliphatic imine (C=N–C) groups is 1. The van der Waals surface area contributed by atoms with Gasteiger partial charge in [-0.25, -0.2) is 19.5 Å². The maximum atomic E-state index is 13.4. The number of carbonyl (C=O) groups is 1. The van der Waals surface area contributed by atoms with Crippen molar-refractivity contribution < 1.29 is 9.53 Å². The highest BCUT2D eigenvalue weighted by atomic mass is 32.1. The van der Waals surface area contributed by atoms with Gasteiger partial charge in [-0.05, 0) is 47.6 Å². The Morgan fingerprint density at radius 3 is 2.00 bits per heavy atom. The molecule has 0 atom stereocenters. The van der Waals surface area contributed by atoms with Crippen LogP contribution in [0.1, 0.15) is 11.1 Å². The molecule has 0 spiro atoms. The summed E-state index contributed by atoms with van der Waals surface area (Å²) in [7, 11) is 1.57. The van der Waals surface area contributed by atoms with Gasteiger partial charge in [0.15, 0.2) is 5.54 Å². The lowest BCUT2D eigenvalue weighted by molar-refractivity contribution is -0.122. The number of ether oxygens (including phenoxy) is 1. The molecule has 2 N–H and O–H groups in total. The summed E-state index contributed by atoms with van der Waals surface area (Å²) in [6.07, 6.45) is 0. The first-order chi connectivity index (χ1) is 16.0. The largest absolute Gasteiger partial charge is 0.497 e. The number of H-pyrrole nitrogens is 1. The van der Waals surface area contributed by atoms with Crippen molar-refractivity contribution in [1.29, 1.82) is 0 Å². The van der Waals surface area contributed by atoms with Crippen LogP contribution in [0.4, 0.5) is 0 Å². The van der Waals surface area contributed by atoms with E-state index in [-0.39, 0.29) is 16.6 Å². The van der Waals surface area contributed by atoms with Crippen molar-refractivity contribution >= 4 is 24.1 Å². The first-order valence-corrected chi connectivity index (χ1v) is 10.6. The van der Waals surface area contributed by atoms with E-state index in [4.69, 9.17) is 21.9 Å². The van der Waals surface area contributed by atoms with Crippen molar-refractivity contribution in [2.75, 3.05) is 7.11 Å². The van der Waals surface area contributed by atoms with Crippen LogP contribution < -0.4 is 15.7 Å². The standard InChI is InChI=1S/C24H19N5O3S/c1-32-19-14-12-18(13-15-19)28-22(31)27-29(23(28)33)21-25-20(30)24(26-21,16-8-4-2-5-9-16)17-10-6-3-7-11-17/h2-15H,1H3,(H,27,31)(H,25,26,30). The quantitative estimate of drug-likeness (QED) is 0.461. The first kappa shape index (κ1) is 20.7. The van der Waals surface area contributed by atoms with Crippen LogP contribution in [0, 0.1) is 4.77 Å². The molecule has 0 bridgehead atoms. The molecule has 1 aliphatic rings. The van der Waals surface area contributed by atoms with Crippen LogP contribution >= 0.6 is 12.2 Å². The van der Waals surface area contributed by atoms with Crippen molar-refractivity contribution in [2.45, 2.75) is 5.54 Å².